The summed E-state index contributed by atoms with van der Waals surface area (Å²) in [6.45, 7) is 1.06. The lowest BCUT2D eigenvalue weighted by molar-refractivity contribution is -0.117. The first-order valence-electron chi connectivity index (χ1n) is 6.85. The van der Waals surface area contributed by atoms with E-state index in [-0.39, 0.29) is 5.91 Å². The van der Waals surface area contributed by atoms with Crippen LogP contribution in [0, 0.1) is 5.92 Å². The topological polar surface area (TPSA) is 55.1 Å². The summed E-state index contributed by atoms with van der Waals surface area (Å²) >= 11 is 0. The third kappa shape index (κ3) is 4.06. The zero-order valence-corrected chi connectivity index (χ0v) is 10.8. The quantitative estimate of drug-likeness (QED) is 0.839. The van der Waals surface area contributed by atoms with Crippen molar-refractivity contribution < 1.29 is 4.79 Å². The minimum atomic E-state index is -0.280. The Balaban J connectivity index is 1.80. The van der Waals surface area contributed by atoms with Crippen molar-refractivity contribution in [3.63, 3.8) is 0 Å². The lowest BCUT2D eigenvalue weighted by Crippen LogP contribution is -2.17. The number of nitrogens with two attached hydrogens (primary N) is 1. The van der Waals surface area contributed by atoms with E-state index in [9.17, 15) is 4.79 Å². The van der Waals surface area contributed by atoms with Crippen LogP contribution < -0.4 is 11.1 Å². The molecule has 1 fully saturated rings. The van der Waals surface area contributed by atoms with E-state index < -0.39 is 0 Å². The molecule has 0 radical (unpaired) electrons. The Morgan fingerprint density at radius 3 is 2.44 bits per heavy atom. The van der Waals surface area contributed by atoms with Gasteiger partial charge in [0.15, 0.2) is 0 Å². The van der Waals surface area contributed by atoms with Crippen molar-refractivity contribution in [2.45, 2.75) is 38.5 Å². The summed E-state index contributed by atoms with van der Waals surface area (Å²) < 4.78 is 0. The summed E-state index contributed by atoms with van der Waals surface area (Å²) in [6, 6.07) is 7.99. The van der Waals surface area contributed by atoms with Gasteiger partial charge in [0.25, 0.3) is 0 Å². The normalized spacial score (nSPS) is 16.4. The van der Waals surface area contributed by atoms with Crippen LogP contribution in [-0.4, -0.2) is 12.5 Å². The van der Waals surface area contributed by atoms with Gasteiger partial charge in [-0.05, 0) is 36.5 Å². The highest BCUT2D eigenvalue weighted by Gasteiger charge is 2.12. The average Bonchev–Trinajstić information content (AvgIpc) is 2.38. The number of nitrogens with one attached hydrogen (secondary N) is 1. The molecule has 0 spiro atoms. The Bertz CT molecular complexity index is 380. The summed E-state index contributed by atoms with van der Waals surface area (Å²) in [6.07, 6.45) is 7.19. The molecule has 0 bridgehead atoms. The minimum absolute atomic E-state index is 0.280. The Morgan fingerprint density at radius 2 is 1.83 bits per heavy atom. The molecular formula is C15H22N2O. The maximum Gasteiger partial charge on any atom is 0.221 e. The molecule has 2 rings (SSSR count). The van der Waals surface area contributed by atoms with Crippen LogP contribution in [0.5, 0.6) is 0 Å². The lowest BCUT2D eigenvalue weighted by Gasteiger charge is -2.22. The number of rotatable bonds is 5. The molecule has 1 amide bonds. The SMILES string of the molecule is NC(=O)Cc1ccc(NCC2CCCCC2)cc1. The van der Waals surface area contributed by atoms with E-state index in [2.05, 4.69) is 5.32 Å². The van der Waals surface area contributed by atoms with Gasteiger partial charge in [0, 0.05) is 12.2 Å². The number of carbonyl (C=O) groups is 1. The molecule has 3 nitrogen and oxygen atoms in total. The molecule has 1 saturated carbocycles. The second-order valence-electron chi connectivity index (χ2n) is 5.22. The summed E-state index contributed by atoms with van der Waals surface area (Å²) in [5.74, 6) is 0.543. The molecular weight excluding hydrogens is 224 g/mol. The number of hydrogen-bond donors (Lipinski definition) is 2. The standard InChI is InChI=1S/C15H22N2O/c16-15(18)10-12-6-8-14(9-7-12)17-11-13-4-2-1-3-5-13/h6-9,13,17H,1-5,10-11H2,(H2,16,18). The zero-order valence-electron chi connectivity index (χ0n) is 10.8. The predicted octanol–water partition coefficient (Wildman–Crippen LogP) is 2.71. The van der Waals surface area contributed by atoms with Crippen molar-refractivity contribution in [2.24, 2.45) is 11.7 Å². The number of hydrogen-bond acceptors (Lipinski definition) is 2. The van der Waals surface area contributed by atoms with E-state index in [4.69, 9.17) is 5.73 Å². The van der Waals surface area contributed by atoms with Crippen LogP contribution >= 0.6 is 0 Å². The highest BCUT2D eigenvalue weighted by molar-refractivity contribution is 5.76. The van der Waals surface area contributed by atoms with Gasteiger partial charge < -0.3 is 11.1 Å². The molecule has 0 atom stereocenters. The van der Waals surface area contributed by atoms with Gasteiger partial charge in [-0.2, -0.15) is 0 Å². The van der Waals surface area contributed by atoms with Gasteiger partial charge in [-0.15, -0.1) is 0 Å². The van der Waals surface area contributed by atoms with Crippen molar-refractivity contribution in [3.8, 4) is 0 Å². The van der Waals surface area contributed by atoms with Gasteiger partial charge >= 0.3 is 0 Å². The number of carbonyl (C=O) groups excluding carboxylic acids is 1. The predicted molar refractivity (Wildman–Crippen MR) is 74.4 cm³/mol. The fraction of sp³-hybridized carbons (Fsp3) is 0.533. The van der Waals surface area contributed by atoms with Crippen LogP contribution in [0.1, 0.15) is 37.7 Å². The fourth-order valence-corrected chi connectivity index (χ4v) is 2.60. The zero-order chi connectivity index (χ0) is 12.8. The number of anilines is 1. The summed E-state index contributed by atoms with van der Waals surface area (Å²) in [4.78, 5) is 10.8. The minimum Gasteiger partial charge on any atom is -0.385 e. The number of benzene rings is 1. The van der Waals surface area contributed by atoms with E-state index in [1.165, 1.54) is 32.1 Å². The molecule has 1 aliphatic rings. The van der Waals surface area contributed by atoms with Crippen LogP contribution in [0.3, 0.4) is 0 Å². The first-order chi connectivity index (χ1) is 8.74. The molecule has 1 aromatic rings. The maximum absolute atomic E-state index is 10.8. The largest absolute Gasteiger partial charge is 0.385 e. The second kappa shape index (κ2) is 6.43. The molecule has 0 aliphatic heterocycles. The third-order valence-electron chi connectivity index (χ3n) is 3.65. The Morgan fingerprint density at radius 1 is 1.17 bits per heavy atom. The lowest BCUT2D eigenvalue weighted by atomic mass is 9.89. The van der Waals surface area contributed by atoms with E-state index in [0.29, 0.717) is 6.42 Å². The molecule has 98 valence electrons. The summed E-state index contributed by atoms with van der Waals surface area (Å²) in [5, 5.41) is 3.48. The molecule has 18 heavy (non-hydrogen) atoms. The highest BCUT2D eigenvalue weighted by Crippen LogP contribution is 2.24. The fourth-order valence-electron chi connectivity index (χ4n) is 2.60. The van der Waals surface area contributed by atoms with Crippen LogP contribution in [0.4, 0.5) is 5.69 Å². The van der Waals surface area contributed by atoms with Gasteiger partial charge in [-0.3, -0.25) is 4.79 Å². The molecule has 0 aromatic heterocycles. The molecule has 3 heteroatoms. The molecule has 1 aromatic carbocycles. The smallest absolute Gasteiger partial charge is 0.221 e. The van der Waals surface area contributed by atoms with Gasteiger partial charge in [-0.25, -0.2) is 0 Å². The van der Waals surface area contributed by atoms with Gasteiger partial charge in [0.2, 0.25) is 5.91 Å². The van der Waals surface area contributed by atoms with E-state index in [1.807, 2.05) is 24.3 Å². The van der Waals surface area contributed by atoms with E-state index in [0.717, 1.165) is 23.7 Å². The van der Waals surface area contributed by atoms with Gasteiger partial charge in [0.05, 0.1) is 6.42 Å². The molecule has 0 saturated heterocycles. The van der Waals surface area contributed by atoms with Crippen molar-refractivity contribution in [1.29, 1.82) is 0 Å². The van der Waals surface area contributed by atoms with Crippen LogP contribution in [0.15, 0.2) is 24.3 Å². The first kappa shape index (κ1) is 12.9. The molecule has 0 heterocycles. The van der Waals surface area contributed by atoms with Gasteiger partial charge in [-0.1, -0.05) is 31.4 Å². The first-order valence-corrected chi connectivity index (χ1v) is 6.85. The van der Waals surface area contributed by atoms with Crippen molar-refractivity contribution in [2.75, 3.05) is 11.9 Å². The van der Waals surface area contributed by atoms with Crippen molar-refractivity contribution in [3.05, 3.63) is 29.8 Å². The van der Waals surface area contributed by atoms with Gasteiger partial charge in [0.1, 0.15) is 0 Å². The molecule has 0 unspecified atom stereocenters. The summed E-state index contributed by atoms with van der Waals surface area (Å²) in [7, 11) is 0. The Kier molecular flexibility index (Phi) is 4.62. The van der Waals surface area contributed by atoms with E-state index >= 15 is 0 Å². The van der Waals surface area contributed by atoms with E-state index in [1.54, 1.807) is 0 Å². The van der Waals surface area contributed by atoms with Crippen LogP contribution in [0.2, 0.25) is 0 Å². The van der Waals surface area contributed by atoms with Crippen LogP contribution in [0.25, 0.3) is 0 Å². The van der Waals surface area contributed by atoms with Crippen molar-refractivity contribution in [1.82, 2.24) is 0 Å². The second-order valence-corrected chi connectivity index (χ2v) is 5.22. The Labute approximate surface area is 109 Å². The molecule has 3 N–H and O–H groups in total. The Hall–Kier alpha value is -1.51. The maximum atomic E-state index is 10.8. The van der Waals surface area contributed by atoms with Crippen LogP contribution in [-0.2, 0) is 11.2 Å². The number of primary amides is 1. The summed E-state index contributed by atoms with van der Waals surface area (Å²) in [5.41, 5.74) is 7.27. The van der Waals surface area contributed by atoms with Crippen molar-refractivity contribution >= 4 is 11.6 Å². The molecule has 1 aliphatic carbocycles. The highest BCUT2D eigenvalue weighted by atomic mass is 16.1. The number of amides is 1. The average molecular weight is 246 g/mol. The third-order valence-corrected chi connectivity index (χ3v) is 3.65. The monoisotopic (exact) mass is 246 g/mol.